The van der Waals surface area contributed by atoms with Crippen LogP contribution < -0.4 is 4.74 Å². The van der Waals surface area contributed by atoms with E-state index in [1.54, 1.807) is 23.1 Å². The first-order valence-corrected chi connectivity index (χ1v) is 13.2. The van der Waals surface area contributed by atoms with Crippen LogP contribution in [0.4, 0.5) is 0 Å². The number of likely N-dealkylation sites (tertiary alicyclic amines) is 1. The van der Waals surface area contributed by atoms with Gasteiger partial charge in [0.2, 0.25) is 0 Å². The molecule has 0 bridgehead atoms. The summed E-state index contributed by atoms with van der Waals surface area (Å²) < 4.78 is 5.98. The van der Waals surface area contributed by atoms with Crippen molar-refractivity contribution in [2.75, 3.05) is 26.2 Å². The van der Waals surface area contributed by atoms with Crippen molar-refractivity contribution in [2.45, 2.75) is 40.3 Å². The molecular formula is C32H36N2O4. The third-order valence-corrected chi connectivity index (χ3v) is 7.17. The van der Waals surface area contributed by atoms with E-state index in [2.05, 4.69) is 18.7 Å². The number of hydrogen-bond acceptors (Lipinski definition) is 5. The van der Waals surface area contributed by atoms with E-state index in [0.717, 1.165) is 35.3 Å². The number of carbonyl (C=O) groups is 2. The topological polar surface area (TPSA) is 70.1 Å². The van der Waals surface area contributed by atoms with Gasteiger partial charge in [-0.1, -0.05) is 74.0 Å². The summed E-state index contributed by atoms with van der Waals surface area (Å²) in [4.78, 5) is 30.4. The number of aliphatic hydroxyl groups excluding tert-OH is 1. The van der Waals surface area contributed by atoms with Crippen LogP contribution in [0, 0.1) is 13.8 Å². The van der Waals surface area contributed by atoms with Crippen LogP contribution in [-0.2, 0) is 16.2 Å². The largest absolute Gasteiger partial charge is 0.507 e. The highest BCUT2D eigenvalue weighted by Crippen LogP contribution is 2.39. The molecule has 1 heterocycles. The standard InChI is InChI=1S/C32H36N2O4/c1-5-33(6-2)18-19-34-29(25-14-12-22(3)13-15-25)28(31(36)32(34)37)30(35)26-16-17-27(23(4)20-26)38-21-24-10-8-7-9-11-24/h7-17,20,29,35H,5-6,18-19,21H2,1-4H3/b30-28+/t29-/m1/s1. The molecule has 1 amide bonds. The Morgan fingerprint density at radius 1 is 0.947 bits per heavy atom. The molecule has 0 unspecified atom stereocenters. The van der Waals surface area contributed by atoms with Crippen LogP contribution in [0.15, 0.2) is 78.4 Å². The first-order valence-electron chi connectivity index (χ1n) is 13.2. The van der Waals surface area contributed by atoms with Gasteiger partial charge in [0, 0.05) is 18.7 Å². The molecule has 198 valence electrons. The molecule has 1 saturated heterocycles. The maximum absolute atomic E-state index is 13.3. The monoisotopic (exact) mass is 512 g/mol. The van der Waals surface area contributed by atoms with Gasteiger partial charge >= 0.3 is 0 Å². The van der Waals surface area contributed by atoms with Crippen LogP contribution in [0.3, 0.4) is 0 Å². The number of amides is 1. The number of ether oxygens (including phenoxy) is 1. The van der Waals surface area contributed by atoms with Gasteiger partial charge in [-0.15, -0.1) is 0 Å². The molecule has 1 aliphatic heterocycles. The van der Waals surface area contributed by atoms with Crippen LogP contribution in [0.5, 0.6) is 5.75 Å². The Balaban J connectivity index is 1.68. The Bertz CT molecular complexity index is 1310. The lowest BCUT2D eigenvalue weighted by Crippen LogP contribution is -2.38. The Labute approximate surface area is 225 Å². The zero-order valence-electron chi connectivity index (χ0n) is 22.6. The molecule has 1 atom stereocenters. The number of hydrogen-bond donors (Lipinski definition) is 1. The fourth-order valence-corrected chi connectivity index (χ4v) is 4.84. The lowest BCUT2D eigenvalue weighted by molar-refractivity contribution is -0.140. The Morgan fingerprint density at radius 3 is 2.26 bits per heavy atom. The highest BCUT2D eigenvalue weighted by atomic mass is 16.5. The first kappa shape index (κ1) is 27.1. The minimum absolute atomic E-state index is 0.121. The molecule has 3 aromatic carbocycles. The Morgan fingerprint density at radius 2 is 1.63 bits per heavy atom. The number of Topliss-reactive ketones (excluding diaryl/α,β-unsaturated/α-hetero) is 1. The fourth-order valence-electron chi connectivity index (χ4n) is 4.84. The highest BCUT2D eigenvalue weighted by molar-refractivity contribution is 6.46. The summed E-state index contributed by atoms with van der Waals surface area (Å²) in [5, 5.41) is 11.4. The van der Waals surface area contributed by atoms with Crippen LogP contribution in [-0.4, -0.2) is 52.8 Å². The average Bonchev–Trinajstić information content (AvgIpc) is 3.18. The third kappa shape index (κ3) is 5.81. The lowest BCUT2D eigenvalue weighted by Gasteiger charge is -2.28. The SMILES string of the molecule is CCN(CC)CCN1C(=O)C(=O)/C(=C(/O)c2ccc(OCc3ccccc3)c(C)c2)[C@H]1c1ccc(C)cc1. The van der Waals surface area contributed by atoms with Crippen molar-refractivity contribution in [3.63, 3.8) is 0 Å². The van der Waals surface area contributed by atoms with E-state index < -0.39 is 17.7 Å². The van der Waals surface area contributed by atoms with Gasteiger partial charge in [-0.25, -0.2) is 0 Å². The number of benzene rings is 3. The molecule has 0 saturated carbocycles. The highest BCUT2D eigenvalue weighted by Gasteiger charge is 2.46. The lowest BCUT2D eigenvalue weighted by atomic mass is 9.94. The van der Waals surface area contributed by atoms with Crippen LogP contribution in [0.2, 0.25) is 0 Å². The molecule has 0 aromatic heterocycles. The molecular weight excluding hydrogens is 476 g/mol. The first-order chi connectivity index (χ1) is 18.3. The molecule has 1 N–H and O–H groups in total. The van der Waals surface area contributed by atoms with Crippen molar-refractivity contribution < 1.29 is 19.4 Å². The number of nitrogens with zero attached hydrogens (tertiary/aromatic N) is 2. The molecule has 1 fully saturated rings. The maximum atomic E-state index is 13.3. The normalized spacial score (nSPS) is 16.9. The van der Waals surface area contributed by atoms with Gasteiger partial charge in [-0.05, 0) is 61.8 Å². The zero-order valence-corrected chi connectivity index (χ0v) is 22.6. The van der Waals surface area contributed by atoms with E-state index in [0.29, 0.717) is 31.0 Å². The summed E-state index contributed by atoms with van der Waals surface area (Å²) in [5.74, 6) is -0.712. The summed E-state index contributed by atoms with van der Waals surface area (Å²) in [7, 11) is 0. The molecule has 3 aromatic rings. The van der Waals surface area contributed by atoms with Crippen molar-refractivity contribution >= 4 is 17.4 Å². The smallest absolute Gasteiger partial charge is 0.295 e. The van der Waals surface area contributed by atoms with E-state index in [-0.39, 0.29) is 11.3 Å². The molecule has 6 heteroatoms. The molecule has 1 aliphatic rings. The van der Waals surface area contributed by atoms with Crippen molar-refractivity contribution in [3.05, 3.63) is 106 Å². The predicted molar refractivity (Wildman–Crippen MR) is 150 cm³/mol. The molecule has 4 rings (SSSR count). The van der Waals surface area contributed by atoms with Gasteiger partial charge in [0.25, 0.3) is 11.7 Å². The van der Waals surface area contributed by atoms with Crippen LogP contribution in [0.25, 0.3) is 5.76 Å². The second-order valence-corrected chi connectivity index (χ2v) is 9.68. The molecule has 0 radical (unpaired) electrons. The van der Waals surface area contributed by atoms with Gasteiger partial charge < -0.3 is 19.6 Å². The van der Waals surface area contributed by atoms with Gasteiger partial charge in [0.05, 0.1) is 11.6 Å². The van der Waals surface area contributed by atoms with E-state index in [1.807, 2.05) is 68.4 Å². The van der Waals surface area contributed by atoms with Gasteiger partial charge in [-0.2, -0.15) is 0 Å². The quantitative estimate of drug-likeness (QED) is 0.216. The summed E-state index contributed by atoms with van der Waals surface area (Å²) in [6.45, 7) is 11.2. The summed E-state index contributed by atoms with van der Waals surface area (Å²) in [5.41, 5.74) is 4.37. The van der Waals surface area contributed by atoms with Crippen molar-refractivity contribution in [1.82, 2.24) is 9.80 Å². The number of carbonyl (C=O) groups excluding carboxylic acids is 2. The van der Waals surface area contributed by atoms with Crippen LogP contribution >= 0.6 is 0 Å². The molecule has 6 nitrogen and oxygen atoms in total. The molecule has 0 aliphatic carbocycles. The minimum Gasteiger partial charge on any atom is -0.507 e. The zero-order chi connectivity index (χ0) is 27.2. The van der Waals surface area contributed by atoms with Gasteiger partial charge in [-0.3, -0.25) is 9.59 Å². The second kappa shape index (κ2) is 12.1. The number of rotatable bonds is 10. The summed E-state index contributed by atoms with van der Waals surface area (Å²) in [6.07, 6.45) is 0. The van der Waals surface area contributed by atoms with Gasteiger partial charge in [0.1, 0.15) is 18.1 Å². The van der Waals surface area contributed by atoms with Crippen LogP contribution in [0.1, 0.15) is 47.7 Å². The molecule has 0 spiro atoms. The van der Waals surface area contributed by atoms with E-state index in [1.165, 1.54) is 0 Å². The maximum Gasteiger partial charge on any atom is 0.295 e. The molecule has 38 heavy (non-hydrogen) atoms. The summed E-state index contributed by atoms with van der Waals surface area (Å²) >= 11 is 0. The Kier molecular flexibility index (Phi) is 8.64. The summed E-state index contributed by atoms with van der Waals surface area (Å²) in [6, 6.07) is 22.3. The number of likely N-dealkylation sites (N-methyl/N-ethyl adjacent to an activating group) is 1. The predicted octanol–water partition coefficient (Wildman–Crippen LogP) is 5.65. The van der Waals surface area contributed by atoms with Crippen molar-refractivity contribution in [3.8, 4) is 5.75 Å². The number of ketones is 1. The third-order valence-electron chi connectivity index (χ3n) is 7.17. The number of aryl methyl sites for hydroxylation is 2. The van der Waals surface area contributed by atoms with Crippen molar-refractivity contribution in [1.29, 1.82) is 0 Å². The Hall–Kier alpha value is -3.90. The second-order valence-electron chi connectivity index (χ2n) is 9.68. The van der Waals surface area contributed by atoms with Crippen molar-refractivity contribution in [2.24, 2.45) is 0 Å². The van der Waals surface area contributed by atoms with Gasteiger partial charge in [0.15, 0.2) is 0 Å². The minimum atomic E-state index is -0.658. The average molecular weight is 513 g/mol. The van der Waals surface area contributed by atoms with E-state index >= 15 is 0 Å². The fraction of sp³-hybridized carbons (Fsp3) is 0.312. The van der Waals surface area contributed by atoms with E-state index in [9.17, 15) is 14.7 Å². The number of aliphatic hydroxyl groups is 1. The van der Waals surface area contributed by atoms with E-state index in [4.69, 9.17) is 4.74 Å².